The Morgan fingerprint density at radius 3 is 2.37 bits per heavy atom. The van der Waals surface area contributed by atoms with Crippen LogP contribution in [0, 0.1) is 0 Å². The van der Waals surface area contributed by atoms with Gasteiger partial charge in [0.1, 0.15) is 0 Å². The van der Waals surface area contributed by atoms with Crippen LogP contribution in [0.15, 0.2) is 24.3 Å². The Morgan fingerprint density at radius 1 is 1.05 bits per heavy atom. The molecule has 2 nitrogen and oxygen atoms in total. The summed E-state index contributed by atoms with van der Waals surface area (Å²) in [6.07, 6.45) is 9.38. The van der Waals surface area contributed by atoms with E-state index >= 15 is 0 Å². The molecule has 0 amide bonds. The van der Waals surface area contributed by atoms with Crippen molar-refractivity contribution in [3.05, 3.63) is 35.4 Å². The quantitative estimate of drug-likeness (QED) is 0.850. The van der Waals surface area contributed by atoms with Crippen LogP contribution in [-0.2, 0) is 6.54 Å². The van der Waals surface area contributed by atoms with E-state index in [4.69, 9.17) is 5.73 Å². The largest absolute Gasteiger partial charge is 0.324 e. The fourth-order valence-corrected chi connectivity index (χ4v) is 3.14. The Balaban J connectivity index is 1.50. The maximum Gasteiger partial charge on any atom is 0.0282 e. The average Bonchev–Trinajstić information content (AvgIpc) is 3.19. The van der Waals surface area contributed by atoms with Crippen LogP contribution >= 0.6 is 0 Å². The molecule has 2 aliphatic carbocycles. The molecule has 2 aliphatic rings. The summed E-state index contributed by atoms with van der Waals surface area (Å²) in [6.45, 7) is 1.90. The molecule has 2 fully saturated rings. The molecule has 0 radical (unpaired) electrons. The zero-order valence-electron chi connectivity index (χ0n) is 11.8. The maximum atomic E-state index is 6.07. The van der Waals surface area contributed by atoms with Crippen molar-refractivity contribution in [2.24, 2.45) is 5.73 Å². The van der Waals surface area contributed by atoms with Gasteiger partial charge in [-0.15, -0.1) is 0 Å². The first-order chi connectivity index (χ1) is 9.25. The molecular weight excluding hydrogens is 232 g/mol. The van der Waals surface area contributed by atoms with E-state index in [1.165, 1.54) is 50.5 Å². The van der Waals surface area contributed by atoms with Gasteiger partial charge in [-0.05, 0) is 42.7 Å². The summed E-state index contributed by atoms with van der Waals surface area (Å²) in [6, 6.07) is 9.24. The fourth-order valence-electron chi connectivity index (χ4n) is 3.14. The second kappa shape index (κ2) is 5.64. The van der Waals surface area contributed by atoms with E-state index in [9.17, 15) is 0 Å². The minimum absolute atomic E-state index is 0.113. The third kappa shape index (κ3) is 3.58. The average molecular weight is 258 g/mol. The molecule has 0 aromatic heterocycles. The second-order valence-corrected chi connectivity index (χ2v) is 6.54. The summed E-state index contributed by atoms with van der Waals surface area (Å²) in [5, 5.41) is 3.48. The van der Waals surface area contributed by atoms with E-state index in [2.05, 4.69) is 29.6 Å². The van der Waals surface area contributed by atoms with Crippen molar-refractivity contribution in [2.45, 2.75) is 62.9 Å². The number of nitrogens with two attached hydrogens (primary N) is 1. The predicted molar refractivity (Wildman–Crippen MR) is 80.1 cm³/mol. The van der Waals surface area contributed by atoms with Crippen molar-refractivity contribution in [1.82, 2.24) is 5.32 Å². The highest BCUT2D eigenvalue weighted by Crippen LogP contribution is 2.33. The molecule has 0 unspecified atom stereocenters. The van der Waals surface area contributed by atoms with Crippen LogP contribution in [0.2, 0.25) is 0 Å². The standard InChI is InChI=1S/C17H26N2/c18-17(10-11-17)13-19-12-14-6-8-16(9-7-14)15-4-2-1-3-5-15/h6-9,15,19H,1-5,10-13,18H2. The minimum Gasteiger partial charge on any atom is -0.324 e. The van der Waals surface area contributed by atoms with Crippen molar-refractivity contribution in [2.75, 3.05) is 6.54 Å². The predicted octanol–water partition coefficient (Wildman–Crippen LogP) is 3.32. The Kier molecular flexibility index (Phi) is 3.90. The SMILES string of the molecule is NC1(CNCc2ccc(C3CCCCC3)cc2)CC1. The molecule has 0 aliphatic heterocycles. The highest BCUT2D eigenvalue weighted by Gasteiger charge is 2.37. The zero-order valence-corrected chi connectivity index (χ0v) is 11.8. The number of nitrogens with one attached hydrogen (secondary N) is 1. The molecule has 1 aromatic rings. The van der Waals surface area contributed by atoms with Gasteiger partial charge in [0.15, 0.2) is 0 Å². The second-order valence-electron chi connectivity index (χ2n) is 6.54. The molecule has 2 heteroatoms. The van der Waals surface area contributed by atoms with Gasteiger partial charge >= 0.3 is 0 Å². The Morgan fingerprint density at radius 2 is 1.74 bits per heavy atom. The van der Waals surface area contributed by atoms with Crippen LogP contribution in [0.4, 0.5) is 0 Å². The van der Waals surface area contributed by atoms with Gasteiger partial charge in [0.05, 0.1) is 0 Å². The lowest BCUT2D eigenvalue weighted by Gasteiger charge is -2.22. The highest BCUT2D eigenvalue weighted by molar-refractivity contribution is 5.25. The van der Waals surface area contributed by atoms with Gasteiger partial charge in [-0.3, -0.25) is 0 Å². The molecule has 3 N–H and O–H groups in total. The van der Waals surface area contributed by atoms with Gasteiger partial charge in [0.2, 0.25) is 0 Å². The first kappa shape index (κ1) is 13.1. The van der Waals surface area contributed by atoms with Crippen LogP contribution in [-0.4, -0.2) is 12.1 Å². The smallest absolute Gasteiger partial charge is 0.0282 e. The van der Waals surface area contributed by atoms with E-state index < -0.39 is 0 Å². The lowest BCUT2D eigenvalue weighted by Crippen LogP contribution is -2.35. The summed E-state index contributed by atoms with van der Waals surface area (Å²) < 4.78 is 0. The minimum atomic E-state index is 0.113. The fraction of sp³-hybridized carbons (Fsp3) is 0.647. The van der Waals surface area contributed by atoms with Crippen molar-refractivity contribution >= 4 is 0 Å². The van der Waals surface area contributed by atoms with E-state index in [1.807, 2.05) is 0 Å². The lowest BCUT2D eigenvalue weighted by molar-refractivity contribution is 0.443. The molecular formula is C17H26N2. The molecule has 0 saturated heterocycles. The van der Waals surface area contributed by atoms with Crippen LogP contribution in [0.5, 0.6) is 0 Å². The van der Waals surface area contributed by atoms with Crippen LogP contribution in [0.25, 0.3) is 0 Å². The molecule has 0 atom stereocenters. The van der Waals surface area contributed by atoms with Crippen LogP contribution in [0.3, 0.4) is 0 Å². The molecule has 104 valence electrons. The Labute approximate surface area is 116 Å². The number of rotatable bonds is 5. The van der Waals surface area contributed by atoms with Gasteiger partial charge in [-0.25, -0.2) is 0 Å². The third-order valence-electron chi connectivity index (χ3n) is 4.75. The van der Waals surface area contributed by atoms with E-state index in [0.29, 0.717) is 0 Å². The zero-order chi connectivity index (χ0) is 13.1. The van der Waals surface area contributed by atoms with Crippen molar-refractivity contribution in [3.8, 4) is 0 Å². The number of hydrogen-bond donors (Lipinski definition) is 2. The first-order valence-electron chi connectivity index (χ1n) is 7.84. The summed E-state index contributed by atoms with van der Waals surface area (Å²) in [5.74, 6) is 0.814. The molecule has 0 spiro atoms. The van der Waals surface area contributed by atoms with Gasteiger partial charge in [-0.1, -0.05) is 43.5 Å². The summed E-state index contributed by atoms with van der Waals surface area (Å²) in [7, 11) is 0. The molecule has 2 saturated carbocycles. The first-order valence-corrected chi connectivity index (χ1v) is 7.84. The Bertz CT molecular complexity index is 400. The van der Waals surface area contributed by atoms with Gasteiger partial charge in [0.25, 0.3) is 0 Å². The molecule has 3 rings (SSSR count). The summed E-state index contributed by atoms with van der Waals surface area (Å²) >= 11 is 0. The van der Waals surface area contributed by atoms with E-state index in [-0.39, 0.29) is 5.54 Å². The van der Waals surface area contributed by atoms with E-state index in [1.54, 1.807) is 5.56 Å². The lowest BCUT2D eigenvalue weighted by atomic mass is 9.84. The maximum absolute atomic E-state index is 6.07. The van der Waals surface area contributed by atoms with Crippen LogP contribution < -0.4 is 11.1 Å². The monoisotopic (exact) mass is 258 g/mol. The van der Waals surface area contributed by atoms with Gasteiger partial charge in [0, 0.05) is 18.6 Å². The third-order valence-corrected chi connectivity index (χ3v) is 4.75. The number of benzene rings is 1. The summed E-state index contributed by atoms with van der Waals surface area (Å²) in [4.78, 5) is 0. The Hall–Kier alpha value is -0.860. The molecule has 0 bridgehead atoms. The van der Waals surface area contributed by atoms with Crippen molar-refractivity contribution in [3.63, 3.8) is 0 Å². The molecule has 19 heavy (non-hydrogen) atoms. The molecule has 0 heterocycles. The normalized spacial score (nSPS) is 22.4. The highest BCUT2D eigenvalue weighted by atomic mass is 15.0. The van der Waals surface area contributed by atoms with Gasteiger partial charge < -0.3 is 11.1 Å². The van der Waals surface area contributed by atoms with Crippen molar-refractivity contribution in [1.29, 1.82) is 0 Å². The van der Waals surface area contributed by atoms with Gasteiger partial charge in [-0.2, -0.15) is 0 Å². The van der Waals surface area contributed by atoms with E-state index in [0.717, 1.165) is 19.0 Å². The molecule has 1 aromatic carbocycles. The number of hydrogen-bond acceptors (Lipinski definition) is 2. The summed E-state index contributed by atoms with van der Waals surface area (Å²) in [5.41, 5.74) is 9.10. The topological polar surface area (TPSA) is 38.0 Å². The van der Waals surface area contributed by atoms with Crippen LogP contribution in [0.1, 0.15) is 62.0 Å². The van der Waals surface area contributed by atoms with Crippen molar-refractivity contribution < 1.29 is 0 Å².